The maximum Gasteiger partial charge on any atom is 0.227 e. The third-order valence-corrected chi connectivity index (χ3v) is 5.19. The van der Waals surface area contributed by atoms with Crippen molar-refractivity contribution in [1.29, 1.82) is 0 Å². The molecule has 3 aromatic rings. The molecule has 2 aromatic carbocycles. The van der Waals surface area contributed by atoms with Gasteiger partial charge in [-0.15, -0.1) is 0 Å². The van der Waals surface area contributed by atoms with Crippen LogP contribution in [0.3, 0.4) is 0 Å². The number of rotatable bonds is 2. The van der Waals surface area contributed by atoms with Crippen molar-refractivity contribution in [2.75, 3.05) is 6.54 Å². The van der Waals surface area contributed by atoms with Crippen LogP contribution in [0.2, 0.25) is 10.0 Å². The summed E-state index contributed by atoms with van der Waals surface area (Å²) in [7, 11) is 0. The van der Waals surface area contributed by atoms with Gasteiger partial charge in [0.15, 0.2) is 0 Å². The van der Waals surface area contributed by atoms with E-state index in [4.69, 9.17) is 23.2 Å². The fourth-order valence-corrected chi connectivity index (χ4v) is 3.69. The number of fused-ring (bicyclic) bond motifs is 3. The molecule has 0 saturated carbocycles. The summed E-state index contributed by atoms with van der Waals surface area (Å²) in [6, 6.07) is 13.3. The number of nitrogens with zero attached hydrogens (tertiary/aromatic N) is 1. The first-order valence-electron chi connectivity index (χ1n) is 7.92. The number of halogens is 2. The third-order valence-electron chi connectivity index (χ3n) is 4.59. The fourth-order valence-electron chi connectivity index (χ4n) is 3.32. The molecule has 2 heterocycles. The zero-order chi connectivity index (χ0) is 16.7. The lowest BCUT2D eigenvalue weighted by atomic mass is 10.0. The van der Waals surface area contributed by atoms with E-state index in [2.05, 4.69) is 4.98 Å². The number of hydrogen-bond donors (Lipinski definition) is 1. The first kappa shape index (κ1) is 15.6. The molecule has 1 N–H and O–H groups in total. The Bertz CT molecular complexity index is 932. The van der Waals surface area contributed by atoms with E-state index in [0.717, 1.165) is 29.4 Å². The van der Waals surface area contributed by atoms with Gasteiger partial charge in [-0.25, -0.2) is 0 Å². The van der Waals surface area contributed by atoms with Gasteiger partial charge in [0.2, 0.25) is 5.91 Å². The Morgan fingerprint density at radius 1 is 1.17 bits per heavy atom. The average molecular weight is 359 g/mol. The molecular formula is C19H16Cl2N2O. The molecule has 0 saturated heterocycles. The number of aromatic amines is 1. The summed E-state index contributed by atoms with van der Waals surface area (Å²) in [5.41, 5.74) is 4.32. The zero-order valence-corrected chi connectivity index (χ0v) is 14.5. The Morgan fingerprint density at radius 2 is 2.00 bits per heavy atom. The highest BCUT2D eigenvalue weighted by molar-refractivity contribution is 6.31. The minimum absolute atomic E-state index is 0.102. The number of hydrogen-bond acceptors (Lipinski definition) is 1. The third kappa shape index (κ3) is 2.79. The summed E-state index contributed by atoms with van der Waals surface area (Å²) < 4.78 is 0. The molecule has 0 bridgehead atoms. The minimum atomic E-state index is 0.102. The van der Waals surface area contributed by atoms with Crippen LogP contribution in [0, 0.1) is 0 Å². The Labute approximate surface area is 150 Å². The van der Waals surface area contributed by atoms with Gasteiger partial charge in [-0.1, -0.05) is 41.4 Å². The second-order valence-electron chi connectivity index (χ2n) is 6.11. The molecule has 0 aliphatic carbocycles. The predicted octanol–water partition coefficient (Wildman–Crippen LogP) is 4.60. The van der Waals surface area contributed by atoms with E-state index >= 15 is 0 Å². The molecule has 122 valence electrons. The SMILES string of the molecule is O=C(Cc1ccccc1Cl)N1CCc2[nH]c3ccc(Cl)cc3c2C1. The van der Waals surface area contributed by atoms with E-state index in [1.165, 1.54) is 11.3 Å². The minimum Gasteiger partial charge on any atom is -0.358 e. The molecule has 0 radical (unpaired) electrons. The summed E-state index contributed by atoms with van der Waals surface area (Å²) in [5.74, 6) is 0.102. The normalized spacial score (nSPS) is 14.0. The summed E-state index contributed by atoms with van der Waals surface area (Å²) >= 11 is 12.3. The second kappa shape index (κ2) is 6.15. The van der Waals surface area contributed by atoms with Gasteiger partial charge in [0, 0.05) is 51.7 Å². The van der Waals surface area contributed by atoms with E-state index < -0.39 is 0 Å². The van der Waals surface area contributed by atoms with Crippen molar-refractivity contribution in [3.8, 4) is 0 Å². The zero-order valence-electron chi connectivity index (χ0n) is 13.0. The molecular weight excluding hydrogens is 343 g/mol. The van der Waals surface area contributed by atoms with Crippen molar-refractivity contribution >= 4 is 40.0 Å². The molecule has 0 spiro atoms. The van der Waals surface area contributed by atoms with E-state index in [1.54, 1.807) is 0 Å². The number of H-pyrrole nitrogens is 1. The molecule has 24 heavy (non-hydrogen) atoms. The smallest absolute Gasteiger partial charge is 0.227 e. The van der Waals surface area contributed by atoms with Crippen LogP contribution in [0.1, 0.15) is 16.8 Å². The molecule has 4 rings (SSSR count). The van der Waals surface area contributed by atoms with E-state index in [1.807, 2.05) is 47.4 Å². The van der Waals surface area contributed by atoms with Gasteiger partial charge >= 0.3 is 0 Å². The molecule has 1 aliphatic rings. The fraction of sp³-hybridized carbons (Fsp3) is 0.211. The lowest BCUT2D eigenvalue weighted by Crippen LogP contribution is -2.36. The highest BCUT2D eigenvalue weighted by atomic mass is 35.5. The van der Waals surface area contributed by atoms with Crippen LogP contribution < -0.4 is 0 Å². The van der Waals surface area contributed by atoms with Crippen LogP contribution in [0.5, 0.6) is 0 Å². The predicted molar refractivity (Wildman–Crippen MR) is 97.6 cm³/mol. The molecule has 0 unspecified atom stereocenters. The second-order valence-corrected chi connectivity index (χ2v) is 6.95. The van der Waals surface area contributed by atoms with Gasteiger partial charge in [0.25, 0.3) is 0 Å². The van der Waals surface area contributed by atoms with Crippen LogP contribution in [0.15, 0.2) is 42.5 Å². The maximum atomic E-state index is 12.7. The quantitative estimate of drug-likeness (QED) is 0.713. The number of benzene rings is 2. The number of aromatic nitrogens is 1. The number of carbonyl (C=O) groups excluding carboxylic acids is 1. The van der Waals surface area contributed by atoms with Crippen LogP contribution in [0.25, 0.3) is 10.9 Å². The van der Waals surface area contributed by atoms with E-state index in [0.29, 0.717) is 23.0 Å². The monoisotopic (exact) mass is 358 g/mol. The lowest BCUT2D eigenvalue weighted by molar-refractivity contribution is -0.131. The van der Waals surface area contributed by atoms with Crippen molar-refractivity contribution in [1.82, 2.24) is 9.88 Å². The summed E-state index contributed by atoms with van der Waals surface area (Å²) in [6.07, 6.45) is 1.16. The van der Waals surface area contributed by atoms with E-state index in [-0.39, 0.29) is 5.91 Å². The van der Waals surface area contributed by atoms with Crippen LogP contribution in [-0.2, 0) is 24.2 Å². The Hall–Kier alpha value is -1.97. The number of amides is 1. The van der Waals surface area contributed by atoms with E-state index in [9.17, 15) is 4.79 Å². The number of carbonyl (C=O) groups is 1. The topological polar surface area (TPSA) is 36.1 Å². The molecule has 0 fully saturated rings. The van der Waals surface area contributed by atoms with Crippen LogP contribution >= 0.6 is 23.2 Å². The molecule has 5 heteroatoms. The van der Waals surface area contributed by atoms with Gasteiger partial charge in [-0.3, -0.25) is 4.79 Å². The lowest BCUT2D eigenvalue weighted by Gasteiger charge is -2.27. The van der Waals surface area contributed by atoms with Gasteiger partial charge in [0.05, 0.1) is 6.42 Å². The summed E-state index contributed by atoms with van der Waals surface area (Å²) in [5, 5.41) is 2.46. The Kier molecular flexibility index (Phi) is 3.99. The van der Waals surface area contributed by atoms with Crippen LogP contribution in [-0.4, -0.2) is 22.3 Å². The van der Waals surface area contributed by atoms with Gasteiger partial charge in [-0.2, -0.15) is 0 Å². The van der Waals surface area contributed by atoms with Gasteiger partial charge < -0.3 is 9.88 Å². The van der Waals surface area contributed by atoms with Crippen LogP contribution in [0.4, 0.5) is 0 Å². The van der Waals surface area contributed by atoms with Crippen molar-refractivity contribution in [2.24, 2.45) is 0 Å². The van der Waals surface area contributed by atoms with Crippen molar-refractivity contribution in [3.63, 3.8) is 0 Å². The summed E-state index contributed by atoms with van der Waals surface area (Å²) in [6.45, 7) is 1.33. The molecule has 1 aromatic heterocycles. The van der Waals surface area contributed by atoms with Gasteiger partial charge in [0.1, 0.15) is 0 Å². The Balaban J connectivity index is 1.59. The van der Waals surface area contributed by atoms with Gasteiger partial charge in [-0.05, 0) is 29.8 Å². The van der Waals surface area contributed by atoms with Crippen molar-refractivity contribution < 1.29 is 4.79 Å². The Morgan fingerprint density at radius 3 is 2.83 bits per heavy atom. The highest BCUT2D eigenvalue weighted by Gasteiger charge is 2.24. The largest absolute Gasteiger partial charge is 0.358 e. The first-order chi connectivity index (χ1) is 11.6. The molecule has 1 amide bonds. The molecule has 1 aliphatic heterocycles. The summed E-state index contributed by atoms with van der Waals surface area (Å²) in [4.78, 5) is 18.0. The standard InChI is InChI=1S/C19H16Cl2N2O/c20-13-5-6-17-14(10-13)15-11-23(8-7-18(15)22-17)19(24)9-12-3-1-2-4-16(12)21/h1-6,10,22H,7-9,11H2. The molecule has 0 atom stereocenters. The average Bonchev–Trinajstić information content (AvgIpc) is 2.94. The van der Waals surface area contributed by atoms with Crippen molar-refractivity contribution in [2.45, 2.75) is 19.4 Å². The maximum absolute atomic E-state index is 12.7. The highest BCUT2D eigenvalue weighted by Crippen LogP contribution is 2.30. The first-order valence-corrected chi connectivity index (χ1v) is 8.67. The number of nitrogens with one attached hydrogen (secondary N) is 1. The molecule has 3 nitrogen and oxygen atoms in total. The van der Waals surface area contributed by atoms with Crippen molar-refractivity contribution in [3.05, 3.63) is 69.3 Å².